The average Bonchev–Trinajstić information content (AvgIpc) is 3.35. The molecule has 0 aromatic heterocycles. The van der Waals surface area contributed by atoms with Gasteiger partial charge in [-0.05, 0) is 89.5 Å². The Balaban J connectivity index is 2.16. The minimum atomic E-state index is -1.57. The maximum atomic E-state index is 14.1. The number of guanidine groups is 1. The SMILES string of the molecule is CCOC(C)SCC(=O)NCC(CCC(=O)NCCCCCC(=O)Nc1cc2cc(c1)C(=O)N[C@H](C(C)C)C(=O)N(C)[C@@H](CCCN=C(N)N)C(=O)NCC(=O)N[C@@H](CC(=O)O)C(=O)NC2)NC(=O)CSC(C)OCC. The van der Waals surface area contributed by atoms with Gasteiger partial charge >= 0.3 is 5.97 Å². The van der Waals surface area contributed by atoms with Gasteiger partial charge in [0.05, 0.1) is 24.5 Å². The molecule has 0 aliphatic carbocycles. The third kappa shape index (κ3) is 27.0. The zero-order chi connectivity index (χ0) is 56.7. The summed E-state index contributed by atoms with van der Waals surface area (Å²) in [6, 6.07) is -0.0993. The first-order valence-corrected chi connectivity index (χ1v) is 27.5. The number of ether oxygens (including phenoxy) is 2. The number of nitrogens with one attached hydrogen (secondary N) is 8. The molecule has 27 heteroatoms. The second kappa shape index (κ2) is 36.0. The number of benzene rings is 1. The van der Waals surface area contributed by atoms with Crippen molar-refractivity contribution < 1.29 is 62.5 Å². The monoisotopic (exact) mass is 1110 g/mol. The molecule has 0 spiro atoms. The molecule has 0 radical (unpaired) electrons. The largest absolute Gasteiger partial charge is 0.481 e. The second-order valence-corrected chi connectivity index (χ2v) is 20.7. The fourth-order valence-electron chi connectivity index (χ4n) is 7.50. The van der Waals surface area contributed by atoms with Crippen LogP contribution in [0.25, 0.3) is 0 Å². The lowest BCUT2D eigenvalue weighted by atomic mass is 9.99. The smallest absolute Gasteiger partial charge is 0.305 e. The summed E-state index contributed by atoms with van der Waals surface area (Å²) >= 11 is 2.68. The van der Waals surface area contributed by atoms with Gasteiger partial charge in [0.15, 0.2) is 5.96 Å². The van der Waals surface area contributed by atoms with Crippen molar-refractivity contribution in [3.8, 4) is 0 Å². The van der Waals surface area contributed by atoms with Crippen molar-refractivity contribution in [2.75, 3.05) is 63.3 Å². The van der Waals surface area contributed by atoms with Crippen LogP contribution >= 0.6 is 23.5 Å². The Morgan fingerprint density at radius 3 is 2.09 bits per heavy atom. The van der Waals surface area contributed by atoms with Crippen LogP contribution in [-0.4, -0.2) is 168 Å². The van der Waals surface area contributed by atoms with Gasteiger partial charge in [0.2, 0.25) is 47.3 Å². The number of likely N-dealkylation sites (N-methyl/N-ethyl adjacent to an activating group) is 1. The number of thioether (sulfide) groups is 2. The van der Waals surface area contributed by atoms with Crippen LogP contribution in [0.1, 0.15) is 115 Å². The minimum Gasteiger partial charge on any atom is -0.481 e. The van der Waals surface area contributed by atoms with Gasteiger partial charge < -0.3 is 73.5 Å². The van der Waals surface area contributed by atoms with Gasteiger partial charge in [0.25, 0.3) is 5.91 Å². The maximum Gasteiger partial charge on any atom is 0.305 e. The Morgan fingerprint density at radius 1 is 0.803 bits per heavy atom. The molecule has 2 bridgehead atoms. The quantitative estimate of drug-likeness (QED) is 0.0213. The first-order valence-electron chi connectivity index (χ1n) is 25.5. The summed E-state index contributed by atoms with van der Waals surface area (Å²) in [7, 11) is 1.37. The van der Waals surface area contributed by atoms with E-state index in [0.29, 0.717) is 44.6 Å². The molecule has 1 aromatic carbocycles. The van der Waals surface area contributed by atoms with Crippen molar-refractivity contribution in [1.82, 2.24) is 42.1 Å². The van der Waals surface area contributed by atoms with Gasteiger partial charge in [-0.2, -0.15) is 0 Å². The van der Waals surface area contributed by atoms with Crippen molar-refractivity contribution in [2.45, 2.75) is 141 Å². The molecule has 9 amide bonds. The van der Waals surface area contributed by atoms with Gasteiger partial charge in [-0.1, -0.05) is 20.3 Å². The molecule has 25 nitrogen and oxygen atoms in total. The number of nitrogens with zero attached hydrogens (tertiary/aromatic N) is 2. The normalized spacial score (nSPS) is 17.8. The third-order valence-electron chi connectivity index (χ3n) is 11.5. The summed E-state index contributed by atoms with van der Waals surface area (Å²) in [5, 5.41) is 31.0. The average molecular weight is 1110 g/mol. The molecule has 1 heterocycles. The molecule has 0 saturated carbocycles. The lowest BCUT2D eigenvalue weighted by Crippen LogP contribution is -2.57. The number of carboxylic acid groups (broad SMARTS) is 1. The maximum absolute atomic E-state index is 14.1. The summed E-state index contributed by atoms with van der Waals surface area (Å²) in [6.45, 7) is 11.5. The van der Waals surface area contributed by atoms with Gasteiger partial charge in [-0.3, -0.25) is 52.9 Å². The van der Waals surface area contributed by atoms with Crippen LogP contribution in [0, 0.1) is 5.92 Å². The third-order valence-corrected chi connectivity index (χ3v) is 13.5. The molecular weight excluding hydrogens is 1030 g/mol. The standard InChI is InChI=1S/C49H80N12O13S2/c1-8-73-30(5)75-27-41(65)54-25-34(57-42(66)28-76-31(6)74-9-2)16-17-38(62)52-18-12-10-11-15-39(63)58-35-21-32-20-33(22-35)45(69)60-44(29(3)4)48(72)61(7)37(14-13-19-53-49(50)51)47(71)56-26-40(64)59-36(23-43(67)68)46(70)55-24-32/h20-22,29-31,34,36-37,44H,8-19,23-28H2,1-7H3,(H,52,62)(H,54,65)(H,55,70)(H,56,71)(H,57,66)(H,58,63)(H,59,64)(H,60,69)(H,67,68)(H4,50,51,53)/t30?,31?,34?,36-,37-,44+/m0/s1. The van der Waals surface area contributed by atoms with E-state index in [1.54, 1.807) is 13.8 Å². The molecule has 1 aromatic rings. The van der Waals surface area contributed by atoms with Crippen LogP contribution in [0.15, 0.2) is 23.2 Å². The van der Waals surface area contributed by atoms with Gasteiger partial charge in [-0.15, -0.1) is 23.5 Å². The van der Waals surface area contributed by atoms with Crippen LogP contribution in [0.4, 0.5) is 5.69 Å². The zero-order valence-electron chi connectivity index (χ0n) is 44.7. The van der Waals surface area contributed by atoms with E-state index in [-0.39, 0.29) is 109 Å². The fraction of sp³-hybridized carbons (Fsp3) is 0.653. The highest BCUT2D eigenvalue weighted by Gasteiger charge is 2.34. The number of carbonyl (C=O) groups is 10. The van der Waals surface area contributed by atoms with E-state index >= 15 is 0 Å². The van der Waals surface area contributed by atoms with Gasteiger partial charge in [0.1, 0.15) is 29.0 Å². The number of carboxylic acids is 1. The molecular formula is C49H80N12O13S2. The highest BCUT2D eigenvalue weighted by molar-refractivity contribution is 8.00. The van der Waals surface area contributed by atoms with Crippen LogP contribution in [0.3, 0.4) is 0 Å². The van der Waals surface area contributed by atoms with Gasteiger partial charge in [-0.25, -0.2) is 0 Å². The van der Waals surface area contributed by atoms with E-state index in [0.717, 1.165) is 4.90 Å². The highest BCUT2D eigenvalue weighted by Crippen LogP contribution is 2.19. The topological polar surface area (TPSA) is 373 Å². The summed E-state index contributed by atoms with van der Waals surface area (Å²) in [4.78, 5) is 136. The Bertz CT molecular complexity index is 2150. The Labute approximate surface area is 453 Å². The van der Waals surface area contributed by atoms with Crippen LogP contribution < -0.4 is 54.0 Å². The van der Waals surface area contributed by atoms with E-state index in [1.165, 1.54) is 48.8 Å². The van der Waals surface area contributed by atoms with Crippen molar-refractivity contribution in [3.05, 3.63) is 29.3 Å². The van der Waals surface area contributed by atoms with Gasteiger partial charge in [0, 0.05) is 76.6 Å². The Morgan fingerprint density at radius 2 is 1.46 bits per heavy atom. The van der Waals surface area contributed by atoms with E-state index < -0.39 is 84.5 Å². The number of amides is 9. The number of aliphatic carboxylic acids is 1. The molecule has 2 rings (SSSR count). The molecule has 1 aliphatic rings. The molecule has 0 fully saturated rings. The molecule has 1 aliphatic heterocycles. The number of anilines is 1. The number of hydrogen-bond donors (Lipinski definition) is 11. The predicted octanol–water partition coefficient (Wildman–Crippen LogP) is 0.255. The number of unbranched alkanes of at least 4 members (excludes halogenated alkanes) is 2. The first-order chi connectivity index (χ1) is 36.0. The number of aliphatic imine (C=N–C) groups is 1. The Kier molecular flexibility index (Phi) is 31.2. The number of carbonyl (C=O) groups excluding carboxylic acids is 9. The summed E-state index contributed by atoms with van der Waals surface area (Å²) in [5.41, 5.74) is 11.0. The molecule has 3 unspecified atom stereocenters. The number of rotatable bonds is 30. The number of nitrogens with two attached hydrogens (primary N) is 2. The van der Waals surface area contributed by atoms with E-state index in [2.05, 4.69) is 47.5 Å². The van der Waals surface area contributed by atoms with E-state index in [4.69, 9.17) is 20.9 Å². The molecule has 6 atom stereocenters. The molecule has 426 valence electrons. The van der Waals surface area contributed by atoms with Crippen molar-refractivity contribution >= 4 is 94.3 Å². The lowest BCUT2D eigenvalue weighted by molar-refractivity contribution is -0.142. The molecule has 0 saturated heterocycles. The predicted molar refractivity (Wildman–Crippen MR) is 289 cm³/mol. The molecule has 13 N–H and O–H groups in total. The van der Waals surface area contributed by atoms with Crippen LogP contribution in [0.5, 0.6) is 0 Å². The minimum absolute atomic E-state index is 0.00589. The van der Waals surface area contributed by atoms with E-state index in [1.807, 2.05) is 27.7 Å². The molecule has 76 heavy (non-hydrogen) atoms. The van der Waals surface area contributed by atoms with Crippen LogP contribution in [-0.2, 0) is 59.2 Å². The lowest BCUT2D eigenvalue weighted by Gasteiger charge is -2.32. The fourth-order valence-corrected chi connectivity index (χ4v) is 8.92. The summed E-state index contributed by atoms with van der Waals surface area (Å²) in [5.74, 6) is -6.76. The van der Waals surface area contributed by atoms with Crippen molar-refractivity contribution in [1.29, 1.82) is 0 Å². The number of fused-ring (bicyclic) bond motifs is 2. The first kappa shape index (κ1) is 65.9. The summed E-state index contributed by atoms with van der Waals surface area (Å²) in [6.07, 6.45) is 1.40. The van der Waals surface area contributed by atoms with Crippen molar-refractivity contribution in [3.63, 3.8) is 0 Å². The number of hydrogen-bond acceptors (Lipinski definition) is 15. The highest BCUT2D eigenvalue weighted by atomic mass is 32.2. The second-order valence-electron chi connectivity index (χ2n) is 18.2. The van der Waals surface area contributed by atoms with E-state index in [9.17, 15) is 53.1 Å². The summed E-state index contributed by atoms with van der Waals surface area (Å²) < 4.78 is 11.0. The van der Waals surface area contributed by atoms with Crippen LogP contribution in [0.2, 0.25) is 0 Å². The van der Waals surface area contributed by atoms with Crippen molar-refractivity contribution in [2.24, 2.45) is 22.4 Å². The zero-order valence-corrected chi connectivity index (χ0v) is 46.3. The Hall–Kier alpha value is -6.19.